The second-order valence-corrected chi connectivity index (χ2v) is 6.83. The van der Waals surface area contributed by atoms with Crippen molar-refractivity contribution < 1.29 is 40.3 Å². The van der Waals surface area contributed by atoms with E-state index in [-0.39, 0.29) is 6.41 Å². The topological polar surface area (TPSA) is 56.2 Å². The average Bonchev–Trinajstić information content (AvgIpc) is 3.41. The Morgan fingerprint density at radius 2 is 1.61 bits per heavy atom. The van der Waals surface area contributed by atoms with Gasteiger partial charge in [-0.1, -0.05) is 6.07 Å². The normalized spacial score (nSPS) is 19.7. The molecule has 2 saturated heterocycles. The summed E-state index contributed by atoms with van der Waals surface area (Å²) in [6.07, 6.45) is -1.02. The summed E-state index contributed by atoms with van der Waals surface area (Å²) >= 11 is 0. The molecule has 31 heavy (non-hydrogen) atoms. The van der Waals surface area contributed by atoms with Crippen LogP contribution in [0.2, 0.25) is 0 Å². The van der Waals surface area contributed by atoms with Gasteiger partial charge in [-0.25, -0.2) is 4.39 Å². The number of carbonyl (C=O) groups excluding carboxylic acids is 1. The second kappa shape index (κ2) is 10.1. The lowest BCUT2D eigenvalue weighted by Crippen LogP contribution is -2.10. The molecular formula is C19H20F7N3O2. The number of hydrogen-bond donors (Lipinski definition) is 1. The van der Waals surface area contributed by atoms with Gasteiger partial charge >= 0.3 is 12.4 Å². The number of alkyl halides is 6. The highest BCUT2D eigenvalue weighted by molar-refractivity contribution is 5.71. The van der Waals surface area contributed by atoms with E-state index in [1.54, 1.807) is 0 Å². The highest BCUT2D eigenvalue weighted by atomic mass is 19.4. The molecule has 0 aliphatic carbocycles. The third-order valence-electron chi connectivity index (χ3n) is 4.53. The number of nitrogens with zero attached hydrogens (tertiary/aromatic N) is 2. The number of carbonyl (C=O) groups is 1. The van der Waals surface area contributed by atoms with Gasteiger partial charge in [0, 0.05) is 13.2 Å². The molecule has 1 N–H and O–H groups in total. The Bertz CT molecular complexity index is 847. The zero-order valence-corrected chi connectivity index (χ0v) is 16.3. The van der Waals surface area contributed by atoms with Crippen molar-refractivity contribution in [1.82, 2.24) is 9.78 Å². The van der Waals surface area contributed by atoms with Crippen LogP contribution in [-0.4, -0.2) is 28.4 Å². The van der Waals surface area contributed by atoms with Gasteiger partial charge in [0.2, 0.25) is 6.41 Å². The SMILES string of the molecule is C1CC2CCC1O2.Cn1ccc(C(F)(F)F)n1.O=CNc1cccc(C(F)(F)F)c1F. The molecule has 0 radical (unpaired) electrons. The fourth-order valence-electron chi connectivity index (χ4n) is 3.07. The van der Waals surface area contributed by atoms with Crippen LogP contribution in [0.4, 0.5) is 36.4 Å². The predicted molar refractivity (Wildman–Crippen MR) is 96.4 cm³/mol. The van der Waals surface area contributed by atoms with Gasteiger partial charge in [0.05, 0.1) is 23.5 Å². The molecule has 5 nitrogen and oxygen atoms in total. The van der Waals surface area contributed by atoms with Gasteiger partial charge in [-0.15, -0.1) is 0 Å². The fourth-order valence-corrected chi connectivity index (χ4v) is 3.07. The monoisotopic (exact) mass is 455 g/mol. The van der Waals surface area contributed by atoms with Crippen molar-refractivity contribution in [2.24, 2.45) is 7.05 Å². The first kappa shape index (κ1) is 24.6. The van der Waals surface area contributed by atoms with Gasteiger partial charge in [0.25, 0.3) is 0 Å². The minimum atomic E-state index is -4.76. The van der Waals surface area contributed by atoms with Crippen molar-refractivity contribution in [1.29, 1.82) is 0 Å². The molecule has 4 rings (SSSR count). The Morgan fingerprint density at radius 1 is 1.03 bits per heavy atom. The molecule has 0 saturated carbocycles. The molecule has 2 bridgehead atoms. The summed E-state index contributed by atoms with van der Waals surface area (Å²) in [5, 5.41) is 5.01. The standard InChI is InChI=1S/C8H5F4NO.C6H10O.C5H5F3N2/c9-7-5(8(10,11)12)2-1-3-6(7)13-4-14;1-2-6-4-3-5(1)7-6;1-10-3-2-4(9-10)5(6,7)8/h1-4H,(H,13,14);5-6H,1-4H2;2-3H,1H3. The number of fused-ring (bicyclic) bond motifs is 2. The van der Waals surface area contributed by atoms with Crippen molar-refractivity contribution in [3.63, 3.8) is 0 Å². The lowest BCUT2D eigenvalue weighted by molar-refractivity contribution is -0.141. The predicted octanol–water partition coefficient (Wildman–Crippen LogP) is 5.18. The van der Waals surface area contributed by atoms with E-state index in [0.717, 1.165) is 22.9 Å². The van der Waals surface area contributed by atoms with Gasteiger partial charge in [-0.3, -0.25) is 9.48 Å². The maximum Gasteiger partial charge on any atom is 0.435 e. The summed E-state index contributed by atoms with van der Waals surface area (Å²) in [6.45, 7) is 0. The van der Waals surface area contributed by atoms with Crippen LogP contribution in [-0.2, 0) is 28.9 Å². The summed E-state index contributed by atoms with van der Waals surface area (Å²) in [4.78, 5) is 9.93. The maximum absolute atomic E-state index is 13.0. The minimum absolute atomic E-state index is 0.110. The van der Waals surface area contributed by atoms with Crippen molar-refractivity contribution in [2.75, 3.05) is 5.32 Å². The Hall–Kier alpha value is -2.63. The summed E-state index contributed by atoms with van der Waals surface area (Å²) in [5.41, 5.74) is -2.74. The third kappa shape index (κ3) is 7.23. The molecule has 2 aliphatic rings. The number of benzene rings is 1. The molecule has 1 amide bonds. The number of amides is 1. The van der Waals surface area contributed by atoms with E-state index in [2.05, 4.69) is 5.10 Å². The van der Waals surface area contributed by atoms with Gasteiger partial charge in [0.15, 0.2) is 11.5 Å². The van der Waals surface area contributed by atoms with Crippen molar-refractivity contribution in [3.8, 4) is 0 Å². The number of aromatic nitrogens is 2. The van der Waals surface area contributed by atoms with E-state index < -0.39 is 35.1 Å². The Labute approximate surface area is 173 Å². The fraction of sp³-hybridized carbons (Fsp3) is 0.474. The number of rotatable bonds is 2. The molecule has 2 aliphatic heterocycles. The van der Waals surface area contributed by atoms with Gasteiger partial charge in [-0.05, 0) is 43.9 Å². The van der Waals surface area contributed by atoms with Crippen molar-refractivity contribution in [3.05, 3.63) is 47.5 Å². The van der Waals surface area contributed by atoms with Crippen LogP contribution in [0.15, 0.2) is 30.5 Å². The van der Waals surface area contributed by atoms with Crippen molar-refractivity contribution in [2.45, 2.75) is 50.2 Å². The number of anilines is 1. The van der Waals surface area contributed by atoms with Gasteiger partial charge < -0.3 is 10.1 Å². The van der Waals surface area contributed by atoms with E-state index in [9.17, 15) is 35.5 Å². The van der Waals surface area contributed by atoms with Gasteiger partial charge in [-0.2, -0.15) is 31.4 Å². The van der Waals surface area contributed by atoms with E-state index in [1.807, 2.05) is 5.32 Å². The summed E-state index contributed by atoms with van der Waals surface area (Å²) in [6, 6.07) is 3.59. The van der Waals surface area contributed by atoms with Crippen LogP contribution in [0.3, 0.4) is 0 Å². The van der Waals surface area contributed by atoms with E-state index in [0.29, 0.717) is 18.3 Å². The average molecular weight is 455 g/mol. The molecule has 1 aromatic heterocycles. The molecule has 0 unspecified atom stereocenters. The number of ether oxygens (including phenoxy) is 1. The molecule has 172 valence electrons. The molecular weight excluding hydrogens is 435 g/mol. The van der Waals surface area contributed by atoms with E-state index >= 15 is 0 Å². The Kier molecular flexibility index (Phi) is 8.04. The first-order valence-corrected chi connectivity index (χ1v) is 9.20. The maximum atomic E-state index is 13.0. The number of nitrogens with one attached hydrogen (secondary N) is 1. The van der Waals surface area contributed by atoms with Crippen LogP contribution in [0, 0.1) is 5.82 Å². The molecule has 2 fully saturated rings. The largest absolute Gasteiger partial charge is 0.435 e. The Morgan fingerprint density at radius 3 is 1.94 bits per heavy atom. The second-order valence-electron chi connectivity index (χ2n) is 6.83. The molecule has 2 aromatic rings. The highest BCUT2D eigenvalue weighted by Gasteiger charge is 2.35. The summed E-state index contributed by atoms with van der Waals surface area (Å²) in [7, 11) is 1.44. The van der Waals surface area contributed by atoms with Crippen LogP contribution < -0.4 is 5.32 Å². The molecule has 12 heteroatoms. The van der Waals surface area contributed by atoms with E-state index in [4.69, 9.17) is 4.74 Å². The first-order chi connectivity index (χ1) is 14.4. The quantitative estimate of drug-likeness (QED) is 0.502. The lowest BCUT2D eigenvalue weighted by Gasteiger charge is -2.09. The minimum Gasteiger partial charge on any atom is -0.375 e. The van der Waals surface area contributed by atoms with Crippen LogP contribution in [0.5, 0.6) is 0 Å². The van der Waals surface area contributed by atoms with Gasteiger partial charge in [0.1, 0.15) is 0 Å². The van der Waals surface area contributed by atoms with Crippen molar-refractivity contribution >= 4 is 12.1 Å². The van der Waals surface area contributed by atoms with E-state index in [1.165, 1.54) is 38.9 Å². The zero-order valence-electron chi connectivity index (χ0n) is 16.3. The third-order valence-corrected chi connectivity index (χ3v) is 4.53. The number of halogens is 7. The molecule has 1 aromatic carbocycles. The first-order valence-electron chi connectivity index (χ1n) is 9.20. The number of hydrogen-bond acceptors (Lipinski definition) is 3. The Balaban J connectivity index is 0.000000174. The molecule has 3 heterocycles. The molecule has 0 spiro atoms. The lowest BCUT2D eigenvalue weighted by atomic mass is 10.0. The molecule has 0 atom stereocenters. The zero-order chi connectivity index (χ0) is 23.2. The van der Waals surface area contributed by atoms with Crippen LogP contribution in [0.25, 0.3) is 0 Å². The van der Waals surface area contributed by atoms with Crippen LogP contribution in [0.1, 0.15) is 36.9 Å². The smallest absolute Gasteiger partial charge is 0.375 e. The highest BCUT2D eigenvalue weighted by Crippen LogP contribution is 2.34. The summed E-state index contributed by atoms with van der Waals surface area (Å²) < 4.78 is 91.1. The number of aryl methyl sites for hydroxylation is 1. The van der Waals surface area contributed by atoms with Crippen LogP contribution >= 0.6 is 0 Å². The summed E-state index contributed by atoms with van der Waals surface area (Å²) in [5.74, 6) is -1.48.